The molecule has 1 unspecified atom stereocenters. The zero-order valence-corrected chi connectivity index (χ0v) is 7.30. The molecule has 0 heterocycles. The fourth-order valence-electron chi connectivity index (χ4n) is 0.693. The van der Waals surface area contributed by atoms with E-state index in [9.17, 15) is 4.79 Å². The van der Waals surface area contributed by atoms with E-state index in [1.807, 2.05) is 6.92 Å². The second-order valence-electron chi connectivity index (χ2n) is 2.69. The summed E-state index contributed by atoms with van der Waals surface area (Å²) in [7, 11) is 0. The minimum Gasteiger partial charge on any atom is -0.466 e. The molecule has 3 heteroatoms. The first-order valence-electron chi connectivity index (χ1n) is 4.08. The monoisotopic (exact) mass is 159 g/mol. The van der Waals surface area contributed by atoms with Gasteiger partial charge in [0.1, 0.15) is 0 Å². The van der Waals surface area contributed by atoms with E-state index >= 15 is 0 Å². The minimum absolute atomic E-state index is 0.130. The van der Waals surface area contributed by atoms with Crippen molar-refractivity contribution in [1.29, 1.82) is 0 Å². The Hall–Kier alpha value is -0.570. The molecule has 11 heavy (non-hydrogen) atoms. The van der Waals surface area contributed by atoms with Crippen LogP contribution in [-0.4, -0.2) is 18.6 Å². The van der Waals surface area contributed by atoms with Crippen molar-refractivity contribution in [1.82, 2.24) is 0 Å². The molecule has 0 aromatic carbocycles. The van der Waals surface area contributed by atoms with Gasteiger partial charge < -0.3 is 10.5 Å². The molecule has 2 N–H and O–H groups in total. The van der Waals surface area contributed by atoms with Crippen LogP contribution in [0, 0.1) is 0 Å². The SMILES string of the molecule is CCC(=O)OCCCC(C)N. The summed E-state index contributed by atoms with van der Waals surface area (Å²) in [4.78, 5) is 10.6. The number of nitrogens with two attached hydrogens (primary N) is 1. The van der Waals surface area contributed by atoms with E-state index < -0.39 is 0 Å². The average molecular weight is 159 g/mol. The summed E-state index contributed by atoms with van der Waals surface area (Å²) in [6, 6.07) is 0.204. The first-order valence-corrected chi connectivity index (χ1v) is 4.08. The van der Waals surface area contributed by atoms with Gasteiger partial charge in [-0.2, -0.15) is 0 Å². The van der Waals surface area contributed by atoms with Gasteiger partial charge in [-0.1, -0.05) is 6.92 Å². The molecule has 0 aliphatic rings. The first kappa shape index (κ1) is 10.4. The highest BCUT2D eigenvalue weighted by Gasteiger charge is 1.98. The Kier molecular flexibility index (Phi) is 5.84. The molecular weight excluding hydrogens is 142 g/mol. The molecular formula is C8H17NO2. The van der Waals surface area contributed by atoms with Gasteiger partial charge in [-0.3, -0.25) is 4.79 Å². The minimum atomic E-state index is -0.130. The van der Waals surface area contributed by atoms with Crippen LogP contribution in [0.25, 0.3) is 0 Å². The van der Waals surface area contributed by atoms with E-state index in [1.54, 1.807) is 6.92 Å². The summed E-state index contributed by atoms with van der Waals surface area (Å²) < 4.78 is 4.85. The van der Waals surface area contributed by atoms with Gasteiger partial charge in [-0.05, 0) is 19.8 Å². The largest absolute Gasteiger partial charge is 0.466 e. The van der Waals surface area contributed by atoms with Gasteiger partial charge in [0.15, 0.2) is 0 Å². The van der Waals surface area contributed by atoms with Crippen molar-refractivity contribution >= 4 is 5.97 Å². The second-order valence-corrected chi connectivity index (χ2v) is 2.69. The van der Waals surface area contributed by atoms with Crippen LogP contribution in [0.15, 0.2) is 0 Å². The number of carbonyl (C=O) groups excluding carboxylic acids is 1. The summed E-state index contributed by atoms with van der Waals surface area (Å²) in [6.45, 7) is 4.24. The van der Waals surface area contributed by atoms with Gasteiger partial charge in [-0.15, -0.1) is 0 Å². The molecule has 3 nitrogen and oxygen atoms in total. The molecule has 0 aromatic rings. The van der Waals surface area contributed by atoms with Crippen LogP contribution in [0.3, 0.4) is 0 Å². The predicted molar refractivity (Wildman–Crippen MR) is 44.1 cm³/mol. The molecule has 0 spiro atoms. The van der Waals surface area contributed by atoms with Crippen molar-refractivity contribution in [3.05, 3.63) is 0 Å². The summed E-state index contributed by atoms with van der Waals surface area (Å²) in [5.74, 6) is -0.130. The maximum absolute atomic E-state index is 10.6. The molecule has 0 amide bonds. The van der Waals surface area contributed by atoms with Crippen LogP contribution in [0.2, 0.25) is 0 Å². The number of hydrogen-bond donors (Lipinski definition) is 1. The number of rotatable bonds is 5. The lowest BCUT2D eigenvalue weighted by Crippen LogP contribution is -2.15. The summed E-state index contributed by atoms with van der Waals surface area (Å²) in [5, 5.41) is 0. The summed E-state index contributed by atoms with van der Waals surface area (Å²) >= 11 is 0. The molecule has 0 aromatic heterocycles. The third-order valence-electron chi connectivity index (χ3n) is 1.36. The molecule has 0 aliphatic carbocycles. The zero-order chi connectivity index (χ0) is 8.69. The van der Waals surface area contributed by atoms with Gasteiger partial charge in [0.05, 0.1) is 6.61 Å². The Morgan fingerprint density at radius 1 is 1.64 bits per heavy atom. The van der Waals surface area contributed by atoms with Crippen LogP contribution in [0.5, 0.6) is 0 Å². The number of ether oxygens (including phenoxy) is 1. The third-order valence-corrected chi connectivity index (χ3v) is 1.36. The fourth-order valence-corrected chi connectivity index (χ4v) is 0.693. The van der Waals surface area contributed by atoms with Gasteiger partial charge in [0.2, 0.25) is 0 Å². The number of esters is 1. The average Bonchev–Trinajstić information content (AvgIpc) is 1.97. The second kappa shape index (κ2) is 6.16. The highest BCUT2D eigenvalue weighted by molar-refractivity contribution is 5.68. The fraction of sp³-hybridized carbons (Fsp3) is 0.875. The molecule has 0 bridgehead atoms. The van der Waals surface area contributed by atoms with Crippen LogP contribution in [-0.2, 0) is 9.53 Å². The van der Waals surface area contributed by atoms with E-state index in [2.05, 4.69) is 0 Å². The van der Waals surface area contributed by atoms with Crippen molar-refractivity contribution in [2.24, 2.45) is 5.73 Å². The Balaban J connectivity index is 3.08. The van der Waals surface area contributed by atoms with Crippen molar-refractivity contribution < 1.29 is 9.53 Å². The lowest BCUT2D eigenvalue weighted by molar-refractivity contribution is -0.143. The van der Waals surface area contributed by atoms with E-state index in [4.69, 9.17) is 10.5 Å². The summed E-state index contributed by atoms with van der Waals surface area (Å²) in [6.07, 6.45) is 2.23. The van der Waals surface area contributed by atoms with Crippen LogP contribution >= 0.6 is 0 Å². The predicted octanol–water partition coefficient (Wildman–Crippen LogP) is 1.07. The standard InChI is InChI=1S/C8H17NO2/c1-3-8(10)11-6-4-5-7(2)9/h7H,3-6,9H2,1-2H3. The first-order chi connectivity index (χ1) is 5.16. The highest BCUT2D eigenvalue weighted by Crippen LogP contribution is 1.94. The topological polar surface area (TPSA) is 52.3 Å². The van der Waals surface area contributed by atoms with Crippen LogP contribution < -0.4 is 5.73 Å². The maximum Gasteiger partial charge on any atom is 0.305 e. The molecule has 66 valence electrons. The molecule has 0 fully saturated rings. The van der Waals surface area contributed by atoms with E-state index in [0.717, 1.165) is 12.8 Å². The zero-order valence-electron chi connectivity index (χ0n) is 7.30. The molecule has 1 atom stereocenters. The molecule has 0 aliphatic heterocycles. The lowest BCUT2D eigenvalue weighted by atomic mass is 10.2. The van der Waals surface area contributed by atoms with E-state index in [1.165, 1.54) is 0 Å². The van der Waals surface area contributed by atoms with Crippen molar-refractivity contribution in [3.8, 4) is 0 Å². The number of hydrogen-bond acceptors (Lipinski definition) is 3. The van der Waals surface area contributed by atoms with Crippen LogP contribution in [0.1, 0.15) is 33.1 Å². The molecule has 0 rings (SSSR count). The van der Waals surface area contributed by atoms with Gasteiger partial charge >= 0.3 is 5.97 Å². The van der Waals surface area contributed by atoms with Gasteiger partial charge in [0.25, 0.3) is 0 Å². The van der Waals surface area contributed by atoms with Crippen LogP contribution in [0.4, 0.5) is 0 Å². The Labute approximate surface area is 67.9 Å². The molecule has 0 saturated carbocycles. The number of carbonyl (C=O) groups is 1. The Morgan fingerprint density at radius 2 is 2.27 bits per heavy atom. The van der Waals surface area contributed by atoms with Crippen molar-refractivity contribution in [2.75, 3.05) is 6.61 Å². The van der Waals surface area contributed by atoms with Crippen molar-refractivity contribution in [3.63, 3.8) is 0 Å². The normalized spacial score (nSPS) is 12.6. The van der Waals surface area contributed by atoms with E-state index in [-0.39, 0.29) is 12.0 Å². The Bertz CT molecular complexity index is 113. The summed E-state index contributed by atoms with van der Waals surface area (Å²) in [5.41, 5.74) is 5.50. The molecule has 0 saturated heterocycles. The maximum atomic E-state index is 10.6. The lowest BCUT2D eigenvalue weighted by Gasteiger charge is -2.04. The van der Waals surface area contributed by atoms with Gasteiger partial charge in [0, 0.05) is 12.5 Å². The smallest absolute Gasteiger partial charge is 0.305 e. The van der Waals surface area contributed by atoms with E-state index in [0.29, 0.717) is 13.0 Å². The Morgan fingerprint density at radius 3 is 2.73 bits per heavy atom. The van der Waals surface area contributed by atoms with Crippen molar-refractivity contribution in [2.45, 2.75) is 39.2 Å². The highest BCUT2D eigenvalue weighted by atomic mass is 16.5. The molecule has 0 radical (unpaired) electrons. The van der Waals surface area contributed by atoms with Gasteiger partial charge in [-0.25, -0.2) is 0 Å². The quantitative estimate of drug-likeness (QED) is 0.482. The third kappa shape index (κ3) is 7.33.